The number of allylic oxidation sites excluding steroid dienone is 2. The highest BCUT2D eigenvalue weighted by Crippen LogP contribution is 2.42. The maximum absolute atomic E-state index is 12.4. The molecule has 4 heterocycles. The van der Waals surface area contributed by atoms with E-state index in [1.54, 1.807) is 18.4 Å². The van der Waals surface area contributed by atoms with Gasteiger partial charge in [-0.1, -0.05) is 24.3 Å². The normalized spacial score (nSPS) is 30.8. The third kappa shape index (κ3) is 13.0. The highest BCUT2D eigenvalue weighted by Gasteiger charge is 2.45. The monoisotopic (exact) mass is 752 g/mol. The number of hydrogen-bond acceptors (Lipinski definition) is 9. The second-order valence-corrected chi connectivity index (χ2v) is 16.1. The number of Topliss-reactive ketones (excluding diaryl/α,β-unsaturated/α-hetero) is 1. The lowest BCUT2D eigenvalue weighted by Crippen LogP contribution is -2.31. The van der Waals surface area contributed by atoms with E-state index in [2.05, 4.69) is 52.4 Å². The van der Waals surface area contributed by atoms with Gasteiger partial charge in [-0.25, -0.2) is 0 Å². The van der Waals surface area contributed by atoms with Gasteiger partial charge < -0.3 is 33.2 Å². The molecule has 1 aromatic heterocycles. The van der Waals surface area contributed by atoms with Gasteiger partial charge in [0, 0.05) is 50.6 Å². The van der Waals surface area contributed by atoms with E-state index in [1.165, 1.54) is 4.88 Å². The standard InChI is InChI=1S/C38H57BrO8S/c1-41-29(17-19-30-20-22-35(39)48-30)18-21-32-31(13-5-3-2-4-12-28(40)27-45-36-14-6-9-23-42-36)33(46-37-15-7-10-24-43-37)26-34(32)47-38-16-8-11-25-44-38/h3,5,18,20-22,29,31-34,36-38H,2,4,6-17,19,23-27H2,1H3/t29-,31+,32+,33-,34+,36?,37?,38?/m0/s1. The first-order chi connectivity index (χ1) is 23.6. The summed E-state index contributed by atoms with van der Waals surface area (Å²) in [5, 5.41) is 0. The molecule has 4 fully saturated rings. The number of unbranched alkanes of at least 4 members (excludes halogenated alkanes) is 1. The summed E-state index contributed by atoms with van der Waals surface area (Å²) in [6.07, 6.45) is 23.7. The summed E-state index contributed by atoms with van der Waals surface area (Å²) in [6, 6.07) is 4.30. The molecule has 1 aromatic rings. The van der Waals surface area contributed by atoms with Crippen LogP contribution >= 0.6 is 27.3 Å². The van der Waals surface area contributed by atoms with Gasteiger partial charge >= 0.3 is 0 Å². The zero-order valence-corrected chi connectivity index (χ0v) is 31.2. The van der Waals surface area contributed by atoms with Crippen molar-refractivity contribution < 1.29 is 38.0 Å². The maximum atomic E-state index is 12.4. The van der Waals surface area contributed by atoms with Gasteiger partial charge in [-0.3, -0.25) is 4.79 Å². The van der Waals surface area contributed by atoms with Gasteiger partial charge in [-0.2, -0.15) is 0 Å². The van der Waals surface area contributed by atoms with Crippen molar-refractivity contribution in [2.45, 2.75) is 140 Å². The van der Waals surface area contributed by atoms with E-state index in [0.29, 0.717) is 6.42 Å². The minimum Gasteiger partial charge on any atom is -0.377 e. The van der Waals surface area contributed by atoms with Crippen molar-refractivity contribution in [3.05, 3.63) is 45.1 Å². The highest BCUT2D eigenvalue weighted by molar-refractivity contribution is 9.11. The highest BCUT2D eigenvalue weighted by atomic mass is 79.9. The number of ether oxygens (including phenoxy) is 7. The first-order valence-corrected chi connectivity index (χ1v) is 20.1. The van der Waals surface area contributed by atoms with Crippen molar-refractivity contribution >= 4 is 33.0 Å². The van der Waals surface area contributed by atoms with Crippen LogP contribution in [0.25, 0.3) is 0 Å². The van der Waals surface area contributed by atoms with E-state index in [0.717, 1.165) is 120 Å². The summed E-state index contributed by atoms with van der Waals surface area (Å²) in [5.41, 5.74) is 0. The van der Waals surface area contributed by atoms with Gasteiger partial charge in [-0.05, 0) is 124 Å². The Morgan fingerprint density at radius 3 is 2.25 bits per heavy atom. The predicted molar refractivity (Wildman–Crippen MR) is 191 cm³/mol. The molecular formula is C38H57BrO8S. The van der Waals surface area contributed by atoms with E-state index in [9.17, 15) is 4.79 Å². The van der Waals surface area contributed by atoms with Crippen LogP contribution in [-0.2, 0) is 44.4 Å². The van der Waals surface area contributed by atoms with Gasteiger partial charge in [0.2, 0.25) is 0 Å². The largest absolute Gasteiger partial charge is 0.377 e. The van der Waals surface area contributed by atoms with Gasteiger partial charge in [0.05, 0.1) is 22.1 Å². The molecule has 10 heteroatoms. The lowest BCUT2D eigenvalue weighted by Gasteiger charge is -2.30. The Hall–Kier alpha value is -0.950. The molecule has 5 rings (SSSR count). The molecular weight excluding hydrogens is 696 g/mol. The van der Waals surface area contributed by atoms with Gasteiger partial charge in [0.1, 0.15) is 6.61 Å². The van der Waals surface area contributed by atoms with Crippen molar-refractivity contribution in [1.82, 2.24) is 0 Å². The maximum Gasteiger partial charge on any atom is 0.158 e. The third-order valence-corrected chi connectivity index (χ3v) is 11.6. The molecule has 3 unspecified atom stereocenters. The number of rotatable bonds is 19. The minimum atomic E-state index is -0.217. The average molecular weight is 754 g/mol. The van der Waals surface area contributed by atoms with Crippen LogP contribution in [0.2, 0.25) is 0 Å². The number of carbonyl (C=O) groups excluding carboxylic acids is 1. The number of methoxy groups -OCH3 is 1. The smallest absolute Gasteiger partial charge is 0.158 e. The van der Waals surface area contributed by atoms with E-state index < -0.39 is 0 Å². The second kappa shape index (κ2) is 21.4. The molecule has 0 spiro atoms. The molecule has 1 saturated carbocycles. The molecule has 48 heavy (non-hydrogen) atoms. The second-order valence-electron chi connectivity index (χ2n) is 13.6. The Balaban J connectivity index is 1.20. The van der Waals surface area contributed by atoms with E-state index in [-0.39, 0.29) is 61.4 Å². The summed E-state index contributed by atoms with van der Waals surface area (Å²) in [7, 11) is 1.80. The zero-order chi connectivity index (χ0) is 33.4. The van der Waals surface area contributed by atoms with Crippen LogP contribution in [-0.4, -0.2) is 76.5 Å². The van der Waals surface area contributed by atoms with Crippen molar-refractivity contribution in [1.29, 1.82) is 0 Å². The van der Waals surface area contributed by atoms with Crippen LogP contribution in [0.15, 0.2) is 40.2 Å². The van der Waals surface area contributed by atoms with Crippen molar-refractivity contribution in [3.8, 4) is 0 Å². The van der Waals surface area contributed by atoms with Crippen molar-refractivity contribution in [2.24, 2.45) is 11.8 Å². The van der Waals surface area contributed by atoms with Crippen molar-refractivity contribution in [2.75, 3.05) is 33.5 Å². The number of carbonyl (C=O) groups is 1. The lowest BCUT2D eigenvalue weighted by molar-refractivity contribution is -0.203. The molecule has 0 aromatic carbocycles. The van der Waals surface area contributed by atoms with Crippen LogP contribution in [0.5, 0.6) is 0 Å². The third-order valence-electron chi connectivity index (χ3n) is 9.92. The molecule has 3 aliphatic heterocycles. The fraction of sp³-hybridized carbons (Fsp3) is 0.763. The topological polar surface area (TPSA) is 81.7 Å². The zero-order valence-electron chi connectivity index (χ0n) is 28.8. The van der Waals surface area contributed by atoms with Gasteiger partial charge in [0.25, 0.3) is 0 Å². The Labute approximate surface area is 300 Å². The molecule has 0 amide bonds. The predicted octanol–water partition coefficient (Wildman–Crippen LogP) is 8.70. The summed E-state index contributed by atoms with van der Waals surface area (Å²) < 4.78 is 43.9. The molecule has 4 aliphatic rings. The van der Waals surface area contributed by atoms with E-state index in [4.69, 9.17) is 33.2 Å². The fourth-order valence-electron chi connectivity index (χ4n) is 7.19. The summed E-state index contributed by atoms with van der Waals surface area (Å²) in [4.78, 5) is 13.8. The van der Waals surface area contributed by atoms with Crippen LogP contribution in [0, 0.1) is 11.8 Å². The Kier molecular flexibility index (Phi) is 17.1. The molecule has 0 N–H and O–H groups in total. The number of halogens is 1. The minimum absolute atomic E-state index is 0.00661. The molecule has 3 saturated heterocycles. The Morgan fingerprint density at radius 1 is 0.938 bits per heavy atom. The molecule has 1 aliphatic carbocycles. The summed E-state index contributed by atoms with van der Waals surface area (Å²) in [5.74, 6) is 0.528. The number of aryl methyl sites for hydroxylation is 1. The fourth-order valence-corrected chi connectivity index (χ4v) is 8.69. The van der Waals surface area contributed by atoms with E-state index >= 15 is 0 Å². The van der Waals surface area contributed by atoms with Crippen molar-refractivity contribution in [3.63, 3.8) is 0 Å². The van der Waals surface area contributed by atoms with Gasteiger partial charge in [0.15, 0.2) is 24.7 Å². The molecule has 0 bridgehead atoms. The number of hydrogen-bond donors (Lipinski definition) is 0. The van der Waals surface area contributed by atoms with Crippen LogP contribution < -0.4 is 0 Å². The number of ketones is 1. The lowest BCUT2D eigenvalue weighted by atomic mass is 9.89. The SMILES string of the molecule is CO[C@H](C=C[C@@H]1[C@@H](CC=CCCCC(=O)COC2CCCCO2)[C@@H](OC2CCCCO2)C[C@H]1OC1CCCCO1)CCc1ccc(Br)s1. The molecule has 0 radical (unpaired) electrons. The van der Waals surface area contributed by atoms with Crippen LogP contribution in [0.4, 0.5) is 0 Å². The Morgan fingerprint density at radius 2 is 1.62 bits per heavy atom. The first kappa shape index (κ1) is 38.3. The number of thiophene rings is 1. The van der Waals surface area contributed by atoms with Crippen LogP contribution in [0.1, 0.15) is 101 Å². The summed E-state index contributed by atoms with van der Waals surface area (Å²) >= 11 is 5.37. The first-order valence-electron chi connectivity index (χ1n) is 18.5. The van der Waals surface area contributed by atoms with Crippen LogP contribution in [0.3, 0.4) is 0 Å². The van der Waals surface area contributed by atoms with E-state index in [1.807, 2.05) is 0 Å². The summed E-state index contributed by atoms with van der Waals surface area (Å²) in [6.45, 7) is 2.39. The molecule has 270 valence electrons. The molecule has 8 nitrogen and oxygen atoms in total. The van der Waals surface area contributed by atoms with Gasteiger partial charge in [-0.15, -0.1) is 11.3 Å². The quantitative estimate of drug-likeness (QED) is 0.103. The average Bonchev–Trinajstić information content (AvgIpc) is 3.68. The molecule has 8 atom stereocenters. The Bertz CT molecular complexity index is 1110.